The molecule has 0 aromatic heterocycles. The van der Waals surface area contributed by atoms with E-state index in [1.807, 2.05) is 24.3 Å². The number of anilines is 1. The highest BCUT2D eigenvalue weighted by Gasteiger charge is 2.09. The highest BCUT2D eigenvalue weighted by molar-refractivity contribution is 6.30. The van der Waals surface area contributed by atoms with Crippen LogP contribution in [-0.4, -0.2) is 31.1 Å². The quantitative estimate of drug-likeness (QED) is 0.912. The summed E-state index contributed by atoms with van der Waals surface area (Å²) in [5.41, 5.74) is 1.15. The molecule has 0 bridgehead atoms. The molecule has 1 aromatic rings. The third kappa shape index (κ3) is 5.82. The van der Waals surface area contributed by atoms with Crippen LogP contribution in [0.4, 0.5) is 5.69 Å². The van der Waals surface area contributed by atoms with Crippen molar-refractivity contribution in [1.82, 2.24) is 4.90 Å². The normalized spacial score (nSPS) is 14.9. The first-order valence-corrected chi connectivity index (χ1v) is 5.94. The first kappa shape index (κ1) is 16.9. The molecular weight excluding hydrogens is 279 g/mol. The number of benzene rings is 1. The van der Waals surface area contributed by atoms with Crippen LogP contribution >= 0.6 is 36.4 Å². The summed E-state index contributed by atoms with van der Waals surface area (Å²) in [7, 11) is 0. The van der Waals surface area contributed by atoms with E-state index in [4.69, 9.17) is 11.6 Å². The molecule has 98 valence electrons. The standard InChI is InChI=1S/C12H17ClN2.2ClH/c13-11-3-5-12(6-4-11)14-7-10-15-8-1-2-9-15;;/h3-6,14H,1-2,7-10H2;2*1H. The van der Waals surface area contributed by atoms with Crippen molar-refractivity contribution in [3.05, 3.63) is 29.3 Å². The highest BCUT2D eigenvalue weighted by atomic mass is 35.5. The van der Waals surface area contributed by atoms with Gasteiger partial charge in [0, 0.05) is 23.8 Å². The first-order chi connectivity index (χ1) is 7.34. The Bertz CT molecular complexity index is 297. The zero-order valence-corrected chi connectivity index (χ0v) is 12.1. The van der Waals surface area contributed by atoms with Crippen molar-refractivity contribution in [1.29, 1.82) is 0 Å². The molecule has 1 N–H and O–H groups in total. The van der Waals surface area contributed by atoms with Gasteiger partial charge in [-0.2, -0.15) is 0 Å². The number of hydrogen-bond donors (Lipinski definition) is 1. The third-order valence-corrected chi connectivity index (χ3v) is 3.05. The molecule has 0 radical (unpaired) electrons. The number of nitrogens with zero attached hydrogens (tertiary/aromatic N) is 1. The van der Waals surface area contributed by atoms with E-state index in [2.05, 4.69) is 10.2 Å². The van der Waals surface area contributed by atoms with Crippen LogP contribution in [-0.2, 0) is 0 Å². The molecule has 5 heteroatoms. The Labute approximate surface area is 121 Å². The van der Waals surface area contributed by atoms with Crippen LogP contribution in [0.3, 0.4) is 0 Å². The molecule has 1 saturated heterocycles. The van der Waals surface area contributed by atoms with Gasteiger partial charge in [-0.3, -0.25) is 0 Å². The van der Waals surface area contributed by atoms with Crippen LogP contribution < -0.4 is 5.32 Å². The maximum Gasteiger partial charge on any atom is 0.0407 e. The molecule has 0 spiro atoms. The van der Waals surface area contributed by atoms with Crippen LogP contribution in [0.5, 0.6) is 0 Å². The SMILES string of the molecule is Cl.Cl.Clc1ccc(NCCN2CCCC2)cc1. The van der Waals surface area contributed by atoms with Crippen molar-refractivity contribution < 1.29 is 0 Å². The summed E-state index contributed by atoms with van der Waals surface area (Å²) in [5.74, 6) is 0. The lowest BCUT2D eigenvalue weighted by Gasteiger charge is -2.15. The molecule has 0 unspecified atom stereocenters. The minimum absolute atomic E-state index is 0. The number of hydrogen-bond acceptors (Lipinski definition) is 2. The zero-order chi connectivity index (χ0) is 10.5. The fourth-order valence-corrected chi connectivity index (χ4v) is 2.06. The maximum atomic E-state index is 5.81. The van der Waals surface area contributed by atoms with Crippen molar-refractivity contribution in [2.45, 2.75) is 12.8 Å². The van der Waals surface area contributed by atoms with E-state index in [-0.39, 0.29) is 24.8 Å². The van der Waals surface area contributed by atoms with E-state index in [0.717, 1.165) is 23.8 Å². The Balaban J connectivity index is 0.00000128. The molecule has 1 aromatic carbocycles. The number of likely N-dealkylation sites (tertiary alicyclic amines) is 1. The van der Waals surface area contributed by atoms with Gasteiger partial charge in [0.2, 0.25) is 0 Å². The van der Waals surface area contributed by atoms with Crippen molar-refractivity contribution in [2.75, 3.05) is 31.5 Å². The van der Waals surface area contributed by atoms with Gasteiger partial charge in [-0.05, 0) is 50.2 Å². The second-order valence-electron chi connectivity index (χ2n) is 3.98. The van der Waals surface area contributed by atoms with Gasteiger partial charge in [0.15, 0.2) is 0 Å². The molecule has 2 nitrogen and oxygen atoms in total. The predicted molar refractivity (Wildman–Crippen MR) is 80.1 cm³/mol. The van der Waals surface area contributed by atoms with Gasteiger partial charge < -0.3 is 10.2 Å². The maximum absolute atomic E-state index is 5.81. The summed E-state index contributed by atoms with van der Waals surface area (Å²) < 4.78 is 0. The van der Waals surface area contributed by atoms with Crippen LogP contribution in [0.25, 0.3) is 0 Å². The summed E-state index contributed by atoms with van der Waals surface area (Å²) >= 11 is 5.81. The number of nitrogens with one attached hydrogen (secondary N) is 1. The van der Waals surface area contributed by atoms with Crippen molar-refractivity contribution in [3.63, 3.8) is 0 Å². The lowest BCUT2D eigenvalue weighted by atomic mass is 10.3. The smallest absolute Gasteiger partial charge is 0.0407 e. The molecule has 0 amide bonds. The van der Waals surface area contributed by atoms with Crippen molar-refractivity contribution in [2.24, 2.45) is 0 Å². The molecular formula is C12H19Cl3N2. The number of halogens is 3. The lowest BCUT2D eigenvalue weighted by Crippen LogP contribution is -2.25. The van der Waals surface area contributed by atoms with E-state index < -0.39 is 0 Å². The molecule has 0 atom stereocenters. The Hall–Kier alpha value is -0.150. The van der Waals surface area contributed by atoms with E-state index in [0.29, 0.717) is 0 Å². The highest BCUT2D eigenvalue weighted by Crippen LogP contribution is 2.13. The summed E-state index contributed by atoms with van der Waals surface area (Å²) in [6.45, 7) is 4.69. The van der Waals surface area contributed by atoms with Crippen molar-refractivity contribution >= 4 is 42.1 Å². The fraction of sp³-hybridized carbons (Fsp3) is 0.500. The second-order valence-corrected chi connectivity index (χ2v) is 4.42. The number of rotatable bonds is 4. The van der Waals surface area contributed by atoms with Gasteiger partial charge in [0.1, 0.15) is 0 Å². The summed E-state index contributed by atoms with van der Waals surface area (Å²) in [4.78, 5) is 2.50. The van der Waals surface area contributed by atoms with Gasteiger partial charge in [-0.1, -0.05) is 11.6 Å². The van der Waals surface area contributed by atoms with Crippen molar-refractivity contribution in [3.8, 4) is 0 Å². The Kier molecular flexibility index (Phi) is 8.79. The van der Waals surface area contributed by atoms with Gasteiger partial charge in [0.05, 0.1) is 0 Å². The second kappa shape index (κ2) is 8.87. The molecule has 1 aliphatic heterocycles. The van der Waals surface area contributed by atoms with E-state index >= 15 is 0 Å². The molecule has 1 heterocycles. The molecule has 2 rings (SSSR count). The molecule has 1 aliphatic rings. The van der Waals surface area contributed by atoms with Crippen LogP contribution in [0.15, 0.2) is 24.3 Å². The van der Waals surface area contributed by atoms with E-state index in [1.54, 1.807) is 0 Å². The van der Waals surface area contributed by atoms with E-state index in [1.165, 1.54) is 25.9 Å². The summed E-state index contributed by atoms with van der Waals surface area (Å²) in [5, 5.41) is 4.19. The molecule has 0 aliphatic carbocycles. The minimum Gasteiger partial charge on any atom is -0.384 e. The molecule has 1 fully saturated rings. The van der Waals surface area contributed by atoms with Crippen LogP contribution in [0.1, 0.15) is 12.8 Å². The van der Waals surface area contributed by atoms with E-state index in [9.17, 15) is 0 Å². The predicted octanol–water partition coefficient (Wildman–Crippen LogP) is 3.69. The van der Waals surface area contributed by atoms with Crippen LogP contribution in [0, 0.1) is 0 Å². The third-order valence-electron chi connectivity index (χ3n) is 2.80. The Morgan fingerprint density at radius 2 is 1.65 bits per heavy atom. The monoisotopic (exact) mass is 296 g/mol. The Morgan fingerprint density at radius 3 is 2.24 bits per heavy atom. The zero-order valence-electron chi connectivity index (χ0n) is 9.69. The summed E-state index contributed by atoms with van der Waals surface area (Å²) in [6.07, 6.45) is 2.72. The minimum atomic E-state index is 0. The van der Waals surface area contributed by atoms with Gasteiger partial charge in [-0.25, -0.2) is 0 Å². The fourth-order valence-electron chi connectivity index (χ4n) is 1.93. The van der Waals surface area contributed by atoms with Crippen LogP contribution in [0.2, 0.25) is 5.02 Å². The van der Waals surface area contributed by atoms with Gasteiger partial charge in [-0.15, -0.1) is 24.8 Å². The van der Waals surface area contributed by atoms with Gasteiger partial charge >= 0.3 is 0 Å². The lowest BCUT2D eigenvalue weighted by molar-refractivity contribution is 0.352. The summed E-state index contributed by atoms with van der Waals surface area (Å²) in [6, 6.07) is 7.87. The molecule has 17 heavy (non-hydrogen) atoms. The average molecular weight is 298 g/mol. The Morgan fingerprint density at radius 1 is 1.06 bits per heavy atom. The largest absolute Gasteiger partial charge is 0.384 e. The first-order valence-electron chi connectivity index (χ1n) is 5.56. The van der Waals surface area contributed by atoms with Gasteiger partial charge in [0.25, 0.3) is 0 Å². The average Bonchev–Trinajstić information content (AvgIpc) is 2.74. The molecule has 0 saturated carbocycles. The topological polar surface area (TPSA) is 15.3 Å².